The molecular formula is C12H25N3O3S. The van der Waals surface area contributed by atoms with Gasteiger partial charge in [0.1, 0.15) is 0 Å². The topological polar surface area (TPSA) is 72.9 Å². The predicted octanol–water partition coefficient (Wildman–Crippen LogP) is -0.381. The molecule has 0 aliphatic carbocycles. The van der Waals surface area contributed by atoms with E-state index < -0.39 is 10.2 Å². The summed E-state index contributed by atoms with van der Waals surface area (Å²) in [6, 6.07) is 0.0664. The van der Waals surface area contributed by atoms with Crippen LogP contribution in [0, 0.1) is 5.92 Å². The first-order valence-electron chi connectivity index (χ1n) is 7.08. The Bertz CT molecular complexity index is 372. The number of aliphatic hydroxyl groups is 1. The lowest BCUT2D eigenvalue weighted by Crippen LogP contribution is -2.51. The van der Waals surface area contributed by atoms with Crippen LogP contribution in [0.1, 0.15) is 25.7 Å². The first-order chi connectivity index (χ1) is 9.01. The van der Waals surface area contributed by atoms with E-state index in [9.17, 15) is 8.42 Å². The zero-order valence-electron chi connectivity index (χ0n) is 11.6. The fourth-order valence-electron chi connectivity index (χ4n) is 2.74. The van der Waals surface area contributed by atoms with Crippen LogP contribution in [0.2, 0.25) is 0 Å². The molecule has 2 rings (SSSR count). The lowest BCUT2D eigenvalue weighted by molar-refractivity contribution is 0.168. The van der Waals surface area contributed by atoms with Crippen molar-refractivity contribution in [3.05, 3.63) is 0 Å². The van der Waals surface area contributed by atoms with Gasteiger partial charge in [-0.1, -0.05) is 0 Å². The average molecular weight is 291 g/mol. The number of nitrogens with zero attached hydrogens (tertiary/aromatic N) is 2. The van der Waals surface area contributed by atoms with Crippen molar-refractivity contribution in [1.82, 2.24) is 13.9 Å². The molecule has 2 saturated heterocycles. The molecule has 2 heterocycles. The number of likely N-dealkylation sites (tertiary alicyclic amines) is 1. The molecule has 0 atom stereocenters. The minimum absolute atomic E-state index is 0.0664. The second-order valence-electron chi connectivity index (χ2n) is 5.73. The summed E-state index contributed by atoms with van der Waals surface area (Å²) in [5.41, 5.74) is 0. The molecule has 2 N–H and O–H groups in total. The molecule has 2 fully saturated rings. The van der Waals surface area contributed by atoms with Gasteiger partial charge in [-0.3, -0.25) is 0 Å². The van der Waals surface area contributed by atoms with Gasteiger partial charge in [0.2, 0.25) is 0 Å². The molecule has 0 radical (unpaired) electrons. The van der Waals surface area contributed by atoms with E-state index in [-0.39, 0.29) is 18.6 Å². The molecule has 0 spiro atoms. The quantitative estimate of drug-likeness (QED) is 0.740. The minimum atomic E-state index is -3.35. The van der Waals surface area contributed by atoms with Gasteiger partial charge < -0.3 is 10.0 Å². The number of piperidine rings is 2. The van der Waals surface area contributed by atoms with Crippen molar-refractivity contribution in [1.29, 1.82) is 0 Å². The number of hydrogen-bond donors (Lipinski definition) is 2. The fraction of sp³-hybridized carbons (Fsp3) is 1.00. The SMILES string of the molecule is CN1CCC(NS(=O)(=O)N2CCC(CO)CC2)CC1. The normalized spacial score (nSPS) is 25.8. The average Bonchev–Trinajstić information content (AvgIpc) is 2.41. The van der Waals surface area contributed by atoms with Crippen LogP contribution >= 0.6 is 0 Å². The summed E-state index contributed by atoms with van der Waals surface area (Å²) in [4.78, 5) is 2.22. The summed E-state index contributed by atoms with van der Waals surface area (Å²) in [6.07, 6.45) is 3.27. The van der Waals surface area contributed by atoms with Crippen LogP contribution in [-0.4, -0.2) is 68.6 Å². The molecule has 0 aromatic rings. The maximum atomic E-state index is 12.3. The van der Waals surface area contributed by atoms with Crippen molar-refractivity contribution < 1.29 is 13.5 Å². The standard InChI is InChI=1S/C12H25N3O3S/c1-14-6-4-12(5-7-14)13-19(17,18)15-8-2-11(10-16)3-9-15/h11-13,16H,2-10H2,1H3. The summed E-state index contributed by atoms with van der Waals surface area (Å²) in [7, 11) is -1.29. The molecule has 0 aromatic heterocycles. The van der Waals surface area contributed by atoms with E-state index in [1.807, 2.05) is 0 Å². The van der Waals surface area contributed by atoms with Gasteiger partial charge in [0.05, 0.1) is 0 Å². The lowest BCUT2D eigenvalue weighted by atomic mass is 10.00. The van der Waals surface area contributed by atoms with Crippen LogP contribution in [0.25, 0.3) is 0 Å². The number of aliphatic hydroxyl groups excluding tert-OH is 1. The Hall–Kier alpha value is -0.210. The first kappa shape index (κ1) is 15.2. The highest BCUT2D eigenvalue weighted by Crippen LogP contribution is 2.19. The van der Waals surface area contributed by atoms with Gasteiger partial charge in [-0.05, 0) is 51.7 Å². The van der Waals surface area contributed by atoms with Crippen LogP contribution in [0.4, 0.5) is 0 Å². The van der Waals surface area contributed by atoms with Crippen molar-refractivity contribution in [2.75, 3.05) is 39.8 Å². The van der Waals surface area contributed by atoms with Crippen molar-refractivity contribution >= 4 is 10.2 Å². The maximum absolute atomic E-state index is 12.3. The van der Waals surface area contributed by atoms with Crippen molar-refractivity contribution in [3.8, 4) is 0 Å². The van der Waals surface area contributed by atoms with Gasteiger partial charge in [-0.25, -0.2) is 0 Å². The van der Waals surface area contributed by atoms with Gasteiger partial charge in [0.15, 0.2) is 0 Å². The van der Waals surface area contributed by atoms with E-state index in [2.05, 4.69) is 16.7 Å². The van der Waals surface area contributed by atoms with Gasteiger partial charge in [0.25, 0.3) is 10.2 Å². The third-order valence-corrected chi connectivity index (χ3v) is 5.88. The minimum Gasteiger partial charge on any atom is -0.396 e. The number of hydrogen-bond acceptors (Lipinski definition) is 4. The monoisotopic (exact) mass is 291 g/mol. The Morgan fingerprint density at radius 3 is 2.21 bits per heavy atom. The van der Waals surface area contributed by atoms with Crippen molar-refractivity contribution in [2.24, 2.45) is 5.92 Å². The molecule has 0 amide bonds. The van der Waals surface area contributed by atoms with E-state index in [1.165, 1.54) is 4.31 Å². The van der Waals surface area contributed by atoms with E-state index >= 15 is 0 Å². The molecule has 0 aromatic carbocycles. The van der Waals surface area contributed by atoms with E-state index in [4.69, 9.17) is 5.11 Å². The van der Waals surface area contributed by atoms with Gasteiger partial charge in [0, 0.05) is 25.7 Å². The van der Waals surface area contributed by atoms with Crippen LogP contribution in [0.15, 0.2) is 0 Å². The largest absolute Gasteiger partial charge is 0.396 e. The smallest absolute Gasteiger partial charge is 0.279 e. The summed E-state index contributed by atoms with van der Waals surface area (Å²) >= 11 is 0. The number of nitrogens with one attached hydrogen (secondary N) is 1. The van der Waals surface area contributed by atoms with E-state index in [0.717, 1.165) is 38.8 Å². The van der Waals surface area contributed by atoms with Crippen molar-refractivity contribution in [3.63, 3.8) is 0 Å². The van der Waals surface area contributed by atoms with Crippen LogP contribution in [-0.2, 0) is 10.2 Å². The summed E-state index contributed by atoms with van der Waals surface area (Å²) in [5.74, 6) is 0.259. The Balaban J connectivity index is 1.85. The molecule has 7 heteroatoms. The molecule has 2 aliphatic rings. The molecule has 0 bridgehead atoms. The van der Waals surface area contributed by atoms with Gasteiger partial charge >= 0.3 is 0 Å². The van der Waals surface area contributed by atoms with E-state index in [0.29, 0.717) is 13.1 Å². The van der Waals surface area contributed by atoms with Gasteiger partial charge in [-0.15, -0.1) is 0 Å². The second kappa shape index (κ2) is 6.49. The van der Waals surface area contributed by atoms with Crippen LogP contribution in [0.5, 0.6) is 0 Å². The maximum Gasteiger partial charge on any atom is 0.279 e. The van der Waals surface area contributed by atoms with Crippen LogP contribution in [0.3, 0.4) is 0 Å². The molecule has 0 saturated carbocycles. The van der Waals surface area contributed by atoms with Crippen LogP contribution < -0.4 is 4.72 Å². The van der Waals surface area contributed by atoms with E-state index in [1.54, 1.807) is 0 Å². The summed E-state index contributed by atoms with van der Waals surface area (Å²) < 4.78 is 28.9. The third kappa shape index (κ3) is 4.13. The fourth-order valence-corrected chi connectivity index (χ4v) is 4.24. The molecule has 0 unspecified atom stereocenters. The molecule has 6 nitrogen and oxygen atoms in total. The molecular weight excluding hydrogens is 266 g/mol. The first-order valence-corrected chi connectivity index (χ1v) is 8.52. The summed E-state index contributed by atoms with van der Waals surface area (Å²) in [5, 5.41) is 9.08. The molecule has 19 heavy (non-hydrogen) atoms. The molecule has 2 aliphatic heterocycles. The lowest BCUT2D eigenvalue weighted by Gasteiger charge is -2.34. The highest BCUT2D eigenvalue weighted by atomic mass is 32.2. The molecule has 112 valence electrons. The Morgan fingerprint density at radius 1 is 1.11 bits per heavy atom. The number of rotatable bonds is 4. The Labute approximate surface area is 116 Å². The van der Waals surface area contributed by atoms with Gasteiger partial charge in [-0.2, -0.15) is 17.4 Å². The Morgan fingerprint density at radius 2 is 1.68 bits per heavy atom. The van der Waals surface area contributed by atoms with Crippen molar-refractivity contribution in [2.45, 2.75) is 31.7 Å². The zero-order chi connectivity index (χ0) is 13.9. The zero-order valence-corrected chi connectivity index (χ0v) is 12.4. The second-order valence-corrected chi connectivity index (χ2v) is 7.43. The third-order valence-electron chi connectivity index (χ3n) is 4.21. The highest BCUT2D eigenvalue weighted by Gasteiger charge is 2.30. The summed E-state index contributed by atoms with van der Waals surface area (Å²) in [6.45, 7) is 3.09. The Kier molecular flexibility index (Phi) is 5.19. The predicted molar refractivity (Wildman–Crippen MR) is 74.0 cm³/mol. The highest BCUT2D eigenvalue weighted by molar-refractivity contribution is 7.87.